The number of thioether (sulfide) groups is 1. The zero-order chi connectivity index (χ0) is 56.0. The fraction of sp³-hybridized carbons (Fsp3) is 0.667. The van der Waals surface area contributed by atoms with Gasteiger partial charge in [0.05, 0.1) is 31.6 Å². The van der Waals surface area contributed by atoms with Gasteiger partial charge >= 0.3 is 21.7 Å². The molecule has 7 rings (SSSR count). The van der Waals surface area contributed by atoms with E-state index in [2.05, 4.69) is 51.2 Å². The minimum absolute atomic E-state index is 0.0311. The van der Waals surface area contributed by atoms with Gasteiger partial charge in [0.15, 0.2) is 41.7 Å². The number of nitrogens with zero attached hydrogens (tertiary/aromatic N) is 5. The van der Waals surface area contributed by atoms with E-state index in [-0.39, 0.29) is 71.5 Å². The first-order valence-electron chi connectivity index (χ1n) is 25.7. The van der Waals surface area contributed by atoms with Crippen LogP contribution >= 0.6 is 27.4 Å². The topological polar surface area (TPSA) is 433 Å². The lowest BCUT2D eigenvalue weighted by Crippen LogP contribution is -2.46. The van der Waals surface area contributed by atoms with E-state index < -0.39 is 83.8 Å². The van der Waals surface area contributed by atoms with Crippen molar-refractivity contribution < 1.29 is 90.7 Å². The molecule has 0 spiro atoms. The van der Waals surface area contributed by atoms with Crippen LogP contribution in [0, 0.1) is 0 Å². The summed E-state index contributed by atoms with van der Waals surface area (Å²) in [5.74, 6) is 0.263. The second-order valence-electron chi connectivity index (χ2n) is 19.1. The molecule has 0 saturated carbocycles. The van der Waals surface area contributed by atoms with Gasteiger partial charge < -0.3 is 77.3 Å². The highest BCUT2D eigenvalue weighted by molar-refractivity contribution is 8.00. The fourth-order valence-electron chi connectivity index (χ4n) is 9.24. The Bertz CT molecular complexity index is 2650. The number of hydrogen-bond donors (Lipinski definition) is 13. The van der Waals surface area contributed by atoms with Crippen LogP contribution in [0.1, 0.15) is 99.9 Å². The number of carbonyl (C=O) groups is 5. The Labute approximate surface area is 451 Å². The summed E-state index contributed by atoms with van der Waals surface area (Å²) >= 11 is 1.87. The highest BCUT2D eigenvalue weighted by Crippen LogP contribution is 2.61. The summed E-state index contributed by atoms with van der Waals surface area (Å²) in [4.78, 5) is 93.3. The first kappa shape index (κ1) is 60.7. The van der Waals surface area contributed by atoms with Crippen LogP contribution in [0.3, 0.4) is 0 Å². The number of aliphatic hydroxyl groups is 4. The van der Waals surface area contributed by atoms with E-state index >= 15 is 0 Å². The number of imidazole rings is 1. The number of phosphoric ester groups is 2. The Hall–Kier alpha value is -4.98. The zero-order valence-electron chi connectivity index (χ0n) is 42.4. The number of phosphoric acid groups is 2. The van der Waals surface area contributed by atoms with Crippen LogP contribution in [-0.2, 0) is 46.3 Å². The standard InChI is InChI=1S/C45H68N12O18P2S/c46-40(65)26-10-9-19-56(20-26)43-38(63)36(61)28(73-43)21-71-76(67,68)75-77(69,70)72-22-29-37(62)39(64)44(74-29)57-25-53-35-41(51-24-52-42(35)57)50-18-17-49-33(60)13-4-2-8-15-47-31(58)12-3-1-7-16-48-32(59)14-6-5-11-30-34-27(23-78-30)54-45(66)55-34/h9-10,19-20,24-25,27-30,34,36-39,43-44,61-64H,1-8,11-18,21-23H2,(H9-,46,47,48,49,50,51,52,54,55,58,59,60,65,66,67,68,69,70)/p+1/t27-,28+,29+,30-,34-,36+,37+,38+,39+,43+,44+/m0/s1. The number of amides is 6. The molecule has 33 heteroatoms. The smallest absolute Gasteiger partial charge is 0.387 e. The van der Waals surface area contributed by atoms with Crippen molar-refractivity contribution in [3.05, 3.63) is 42.7 Å². The number of primary amides is 1. The molecular formula is C45H69N12O18P2S+. The quantitative estimate of drug-likeness (QED) is 0.0154. The Balaban J connectivity index is 0.716. The Morgan fingerprint density at radius 2 is 1.40 bits per heavy atom. The molecule has 4 saturated heterocycles. The number of fused-ring (bicyclic) bond motifs is 2. The predicted molar refractivity (Wildman–Crippen MR) is 273 cm³/mol. The first-order valence-corrected chi connectivity index (χ1v) is 29.7. The zero-order valence-corrected chi connectivity index (χ0v) is 45.1. The number of aromatic nitrogens is 5. The maximum atomic E-state index is 12.7. The van der Waals surface area contributed by atoms with Crippen LogP contribution in [0.5, 0.6) is 0 Å². The SMILES string of the molecule is NC(=O)c1ccc[n+]([C@@H]2O[C@H](COP(=O)(O)OP(=O)(O)OC[C@H]3O[C@@H](n4cnc5c(NCCNC(=O)CCCCCNC(=O)CCCCCNC(=O)CCCC[C@@H]6SC[C@@H]7NC(=O)N[C@@H]76)ncnc54)[C@H](O)[C@@H]3O)[C@@H](O)[C@H]2O)c1. The molecule has 0 bridgehead atoms. The minimum Gasteiger partial charge on any atom is -0.387 e. The highest BCUT2D eigenvalue weighted by Gasteiger charge is 2.50. The van der Waals surface area contributed by atoms with E-state index in [1.165, 1.54) is 46.3 Å². The maximum Gasteiger partial charge on any atom is 0.481 e. The number of anilines is 1. The van der Waals surface area contributed by atoms with Crippen molar-refractivity contribution >= 4 is 74.0 Å². The van der Waals surface area contributed by atoms with E-state index in [1.54, 1.807) is 0 Å². The van der Waals surface area contributed by atoms with Gasteiger partial charge in [0.2, 0.25) is 17.7 Å². The highest BCUT2D eigenvalue weighted by atomic mass is 32.2. The van der Waals surface area contributed by atoms with Crippen LogP contribution in [0.4, 0.5) is 10.6 Å². The third-order valence-electron chi connectivity index (χ3n) is 13.3. The van der Waals surface area contributed by atoms with Crippen molar-refractivity contribution in [2.75, 3.05) is 50.5 Å². The molecule has 78 heavy (non-hydrogen) atoms. The third-order valence-corrected chi connectivity index (χ3v) is 17.5. The van der Waals surface area contributed by atoms with Gasteiger partial charge in [-0.05, 0) is 44.6 Å². The number of ether oxygens (including phenoxy) is 2. The average Bonchev–Trinajstić information content (AvgIpc) is 4.35. The van der Waals surface area contributed by atoms with Gasteiger partial charge in [-0.15, -0.1) is 0 Å². The van der Waals surface area contributed by atoms with Gasteiger partial charge in [-0.1, -0.05) is 19.3 Å². The summed E-state index contributed by atoms with van der Waals surface area (Å²) < 4.78 is 53.1. The molecule has 4 aliphatic heterocycles. The van der Waals surface area contributed by atoms with Crippen molar-refractivity contribution in [1.82, 2.24) is 46.1 Å². The molecule has 0 aliphatic carbocycles. The molecule has 14 N–H and O–H groups in total. The van der Waals surface area contributed by atoms with E-state index in [0.29, 0.717) is 44.0 Å². The first-order chi connectivity index (χ1) is 37.3. The summed E-state index contributed by atoms with van der Waals surface area (Å²) in [5.41, 5.74) is 5.74. The number of pyridine rings is 1. The van der Waals surface area contributed by atoms with Crippen molar-refractivity contribution in [3.8, 4) is 0 Å². The average molecular weight is 1160 g/mol. The van der Waals surface area contributed by atoms with Crippen LogP contribution < -0.4 is 42.2 Å². The molecule has 4 aliphatic rings. The normalized spacial score (nSPS) is 27.1. The van der Waals surface area contributed by atoms with Gasteiger partial charge in [0, 0.05) is 62.5 Å². The number of hydrogen-bond acceptors (Lipinski definition) is 21. The second-order valence-corrected chi connectivity index (χ2v) is 23.4. The molecule has 0 radical (unpaired) electrons. The third kappa shape index (κ3) is 17.0. The van der Waals surface area contributed by atoms with E-state index in [4.69, 9.17) is 24.3 Å². The van der Waals surface area contributed by atoms with E-state index in [1.807, 2.05) is 11.8 Å². The lowest BCUT2D eigenvalue weighted by Gasteiger charge is -2.20. The minimum atomic E-state index is -5.46. The van der Waals surface area contributed by atoms with Gasteiger partial charge in [0.1, 0.15) is 42.4 Å². The van der Waals surface area contributed by atoms with Crippen molar-refractivity contribution in [3.63, 3.8) is 0 Å². The summed E-state index contributed by atoms with van der Waals surface area (Å²) in [6.07, 6.45) is 1.13. The lowest BCUT2D eigenvalue weighted by molar-refractivity contribution is -0.765. The van der Waals surface area contributed by atoms with Crippen molar-refractivity contribution in [2.45, 2.75) is 143 Å². The molecule has 3 aromatic rings. The molecule has 0 aromatic carbocycles. The van der Waals surface area contributed by atoms with Crippen molar-refractivity contribution in [2.24, 2.45) is 5.73 Å². The summed E-state index contributed by atoms with van der Waals surface area (Å²) in [7, 11) is -10.9. The maximum absolute atomic E-state index is 12.7. The van der Waals surface area contributed by atoms with Crippen molar-refractivity contribution in [1.29, 1.82) is 0 Å². The van der Waals surface area contributed by atoms with E-state index in [0.717, 1.165) is 57.1 Å². The van der Waals surface area contributed by atoms with E-state index in [9.17, 15) is 63.3 Å². The second kappa shape index (κ2) is 28.4. The predicted octanol–water partition coefficient (Wildman–Crippen LogP) is -0.991. The molecule has 30 nitrogen and oxygen atoms in total. The molecule has 7 heterocycles. The van der Waals surface area contributed by atoms with Crippen LogP contribution in [0.2, 0.25) is 0 Å². The molecule has 432 valence electrons. The molecule has 6 amide bonds. The van der Waals surface area contributed by atoms with Gasteiger partial charge in [-0.3, -0.25) is 32.8 Å². The molecule has 3 aromatic heterocycles. The number of nitrogens with two attached hydrogens (primary N) is 1. The summed E-state index contributed by atoms with van der Waals surface area (Å²) in [6.45, 7) is -0.300. The number of urea groups is 1. The summed E-state index contributed by atoms with van der Waals surface area (Å²) in [6, 6.07) is 3.12. The molecule has 4 fully saturated rings. The van der Waals surface area contributed by atoms with Gasteiger partial charge in [0.25, 0.3) is 12.1 Å². The number of nitrogens with one attached hydrogen (secondary N) is 6. The molecule has 2 unspecified atom stereocenters. The Morgan fingerprint density at radius 3 is 2.05 bits per heavy atom. The Kier molecular flexibility index (Phi) is 22.1. The number of unbranched alkanes of at least 4 members (excludes halogenated alkanes) is 5. The number of rotatable bonds is 32. The van der Waals surface area contributed by atoms with Crippen LogP contribution in [-0.4, -0.2) is 178 Å². The largest absolute Gasteiger partial charge is 0.481 e. The molecular weight excluding hydrogens is 1090 g/mol. The molecule has 13 atom stereocenters. The number of carbonyl (C=O) groups excluding carboxylic acids is 5. The summed E-state index contributed by atoms with van der Waals surface area (Å²) in [5, 5.41) is 60.8. The van der Waals surface area contributed by atoms with Gasteiger partial charge in [-0.25, -0.2) is 28.9 Å². The van der Waals surface area contributed by atoms with Gasteiger partial charge in [-0.2, -0.15) is 20.6 Å². The van der Waals surface area contributed by atoms with Crippen LogP contribution in [0.15, 0.2) is 37.2 Å². The lowest BCUT2D eigenvalue weighted by atomic mass is 10.0. The monoisotopic (exact) mass is 1160 g/mol. The Morgan fingerprint density at radius 1 is 0.782 bits per heavy atom. The van der Waals surface area contributed by atoms with Crippen LogP contribution in [0.25, 0.3) is 11.2 Å². The number of aliphatic hydroxyl groups excluding tert-OH is 4. The fourth-order valence-corrected chi connectivity index (χ4v) is 12.9.